The van der Waals surface area contributed by atoms with Gasteiger partial charge in [-0.1, -0.05) is 12.7 Å². The molecule has 0 atom stereocenters. The molecule has 1 aromatic carbocycles. The Labute approximate surface area is 112 Å². The van der Waals surface area contributed by atoms with Crippen molar-refractivity contribution in [3.63, 3.8) is 0 Å². The molecule has 0 unspecified atom stereocenters. The van der Waals surface area contributed by atoms with Gasteiger partial charge in [-0.3, -0.25) is 4.79 Å². The molecular formula is C14H18O5. The molecule has 1 aromatic rings. The number of hydrogen-bond acceptors (Lipinski definition) is 5. The van der Waals surface area contributed by atoms with E-state index >= 15 is 0 Å². The Kier molecular flexibility index (Phi) is 7.14. The molecule has 0 fully saturated rings. The summed E-state index contributed by atoms with van der Waals surface area (Å²) in [5.74, 6) is -1.02. The van der Waals surface area contributed by atoms with Gasteiger partial charge in [0.15, 0.2) is 6.29 Å². The molecule has 0 saturated carbocycles. The van der Waals surface area contributed by atoms with Crippen LogP contribution < -0.4 is 0 Å². The third kappa shape index (κ3) is 3.93. The van der Waals surface area contributed by atoms with Gasteiger partial charge in [-0.05, 0) is 24.1 Å². The van der Waals surface area contributed by atoms with Crippen LogP contribution in [-0.2, 0) is 9.47 Å². The van der Waals surface area contributed by atoms with Gasteiger partial charge in [0.25, 0.3) is 0 Å². The van der Waals surface area contributed by atoms with Crippen molar-refractivity contribution >= 4 is 18.3 Å². The van der Waals surface area contributed by atoms with Crippen molar-refractivity contribution in [1.82, 2.24) is 0 Å². The summed E-state index contributed by atoms with van der Waals surface area (Å²) in [6.45, 7) is 5.23. The van der Waals surface area contributed by atoms with Crippen LogP contribution in [0.3, 0.4) is 0 Å². The molecule has 0 spiro atoms. The van der Waals surface area contributed by atoms with Crippen LogP contribution in [0.25, 0.3) is 6.08 Å². The molecule has 0 aliphatic heterocycles. The molecule has 0 aliphatic carbocycles. The predicted octanol–water partition coefficient (Wildman–Crippen LogP) is 2.21. The third-order valence-electron chi connectivity index (χ3n) is 2.38. The Morgan fingerprint density at radius 1 is 1.37 bits per heavy atom. The average molecular weight is 266 g/mol. The number of phenols is 1. The largest absolute Gasteiger partial charge is 0.507 e. The summed E-state index contributed by atoms with van der Waals surface area (Å²) >= 11 is 0. The second-order valence-electron chi connectivity index (χ2n) is 3.62. The van der Waals surface area contributed by atoms with Crippen molar-refractivity contribution in [2.45, 2.75) is 6.92 Å². The van der Waals surface area contributed by atoms with Gasteiger partial charge >= 0.3 is 5.97 Å². The quantitative estimate of drug-likeness (QED) is 0.670. The average Bonchev–Trinajstić information content (AvgIpc) is 2.40. The number of phenolic OH excluding ortho intramolecular Hbond substituents is 1. The number of benzene rings is 1. The van der Waals surface area contributed by atoms with E-state index in [9.17, 15) is 14.7 Å². The number of ether oxygens (including phenoxy) is 2. The van der Waals surface area contributed by atoms with Crippen molar-refractivity contribution in [1.29, 1.82) is 0 Å². The van der Waals surface area contributed by atoms with Gasteiger partial charge in [-0.15, -0.1) is 0 Å². The number of esters is 1. The van der Waals surface area contributed by atoms with E-state index in [1.807, 2.05) is 0 Å². The maximum absolute atomic E-state index is 11.4. The zero-order valence-corrected chi connectivity index (χ0v) is 11.5. The van der Waals surface area contributed by atoms with Gasteiger partial charge in [0.1, 0.15) is 11.3 Å². The molecule has 0 aliphatic rings. The van der Waals surface area contributed by atoms with Crippen molar-refractivity contribution in [3.8, 4) is 5.75 Å². The lowest BCUT2D eigenvalue weighted by atomic mass is 9.96. The first-order chi connectivity index (χ1) is 8.98. The van der Waals surface area contributed by atoms with Crippen LogP contribution in [0.4, 0.5) is 0 Å². The molecule has 19 heavy (non-hydrogen) atoms. The molecule has 1 N–H and O–H groups in total. The smallest absolute Gasteiger partial charge is 0.342 e. The topological polar surface area (TPSA) is 72.8 Å². The van der Waals surface area contributed by atoms with Crippen molar-refractivity contribution in [2.75, 3.05) is 21.3 Å². The monoisotopic (exact) mass is 266 g/mol. The third-order valence-corrected chi connectivity index (χ3v) is 2.38. The fraction of sp³-hybridized carbons (Fsp3) is 0.286. The minimum Gasteiger partial charge on any atom is -0.507 e. The number of hydrogen-bond donors (Lipinski definition) is 1. The van der Waals surface area contributed by atoms with Crippen molar-refractivity contribution in [2.24, 2.45) is 0 Å². The molecule has 0 radical (unpaired) electrons. The Hall–Kier alpha value is -2.14. The number of carbonyl (C=O) groups excluding carboxylic acids is 2. The highest BCUT2D eigenvalue weighted by Crippen LogP contribution is 2.28. The highest BCUT2D eigenvalue weighted by molar-refractivity contribution is 6.02. The zero-order valence-electron chi connectivity index (χ0n) is 11.5. The summed E-state index contributed by atoms with van der Waals surface area (Å²) in [4.78, 5) is 22.3. The SMILES string of the molecule is C=Cc1cc(O)c(C(=O)OC)c(C=O)c1C.COC. The molecule has 104 valence electrons. The summed E-state index contributed by atoms with van der Waals surface area (Å²) in [5, 5.41) is 9.65. The van der Waals surface area contributed by atoms with E-state index in [0.29, 0.717) is 17.4 Å². The van der Waals surface area contributed by atoms with Gasteiger partial charge in [0.2, 0.25) is 0 Å². The van der Waals surface area contributed by atoms with Crippen LogP contribution in [0.5, 0.6) is 5.75 Å². The van der Waals surface area contributed by atoms with Crippen LogP contribution in [-0.4, -0.2) is 38.7 Å². The van der Waals surface area contributed by atoms with E-state index in [-0.39, 0.29) is 16.9 Å². The number of methoxy groups -OCH3 is 2. The van der Waals surface area contributed by atoms with E-state index < -0.39 is 5.97 Å². The molecule has 0 bridgehead atoms. The lowest BCUT2D eigenvalue weighted by Gasteiger charge is -2.10. The van der Waals surface area contributed by atoms with Gasteiger partial charge in [-0.2, -0.15) is 0 Å². The van der Waals surface area contributed by atoms with Gasteiger partial charge < -0.3 is 14.6 Å². The van der Waals surface area contributed by atoms with E-state index in [4.69, 9.17) is 0 Å². The van der Waals surface area contributed by atoms with Crippen LogP contribution in [0.1, 0.15) is 31.8 Å². The minimum atomic E-state index is -0.738. The second-order valence-corrected chi connectivity index (χ2v) is 3.62. The first kappa shape index (κ1) is 16.9. The zero-order chi connectivity index (χ0) is 15.0. The van der Waals surface area contributed by atoms with Crippen LogP contribution in [0.15, 0.2) is 12.6 Å². The van der Waals surface area contributed by atoms with Gasteiger partial charge in [-0.25, -0.2) is 4.79 Å². The lowest BCUT2D eigenvalue weighted by molar-refractivity contribution is 0.0595. The van der Waals surface area contributed by atoms with E-state index in [1.165, 1.54) is 19.3 Å². The van der Waals surface area contributed by atoms with Crippen LogP contribution in [0.2, 0.25) is 0 Å². The number of carbonyl (C=O) groups is 2. The standard InChI is InChI=1S/C12H12O4.C2H6O/c1-4-8-5-10(14)11(12(15)16-3)9(6-13)7(8)2;1-3-2/h4-6,14H,1H2,2-3H3;1-2H3. The van der Waals surface area contributed by atoms with Crippen LogP contribution in [0, 0.1) is 6.92 Å². The van der Waals surface area contributed by atoms with E-state index in [0.717, 1.165) is 0 Å². The Balaban J connectivity index is 0.000000982. The first-order valence-corrected chi connectivity index (χ1v) is 5.41. The molecule has 5 nitrogen and oxygen atoms in total. The fourth-order valence-electron chi connectivity index (χ4n) is 1.48. The summed E-state index contributed by atoms with van der Waals surface area (Å²) in [6.07, 6.45) is 2.03. The van der Waals surface area contributed by atoms with Crippen molar-refractivity contribution in [3.05, 3.63) is 34.9 Å². The summed E-state index contributed by atoms with van der Waals surface area (Å²) in [5.41, 5.74) is 1.21. The van der Waals surface area contributed by atoms with Gasteiger partial charge in [0.05, 0.1) is 7.11 Å². The van der Waals surface area contributed by atoms with Crippen LogP contribution >= 0.6 is 0 Å². The number of aromatic hydroxyl groups is 1. The molecule has 0 saturated heterocycles. The molecule has 0 aromatic heterocycles. The maximum Gasteiger partial charge on any atom is 0.342 e. The Bertz CT molecular complexity index is 477. The second kappa shape index (κ2) is 8.05. The lowest BCUT2D eigenvalue weighted by Crippen LogP contribution is -2.08. The molecule has 5 heteroatoms. The highest BCUT2D eigenvalue weighted by atomic mass is 16.5. The van der Waals surface area contributed by atoms with Crippen molar-refractivity contribution < 1.29 is 24.2 Å². The molecule has 0 heterocycles. The fourth-order valence-corrected chi connectivity index (χ4v) is 1.48. The molecule has 0 amide bonds. The van der Waals surface area contributed by atoms with Gasteiger partial charge in [0, 0.05) is 19.8 Å². The summed E-state index contributed by atoms with van der Waals surface area (Å²) in [7, 11) is 4.44. The normalized spacial score (nSPS) is 9.05. The Morgan fingerprint density at radius 2 is 1.89 bits per heavy atom. The summed E-state index contributed by atoms with van der Waals surface area (Å²) in [6, 6.07) is 1.38. The minimum absolute atomic E-state index is 0.111. The first-order valence-electron chi connectivity index (χ1n) is 5.41. The molecule has 1 rings (SSSR count). The molecular weight excluding hydrogens is 248 g/mol. The van der Waals surface area contributed by atoms with E-state index in [2.05, 4.69) is 16.1 Å². The highest BCUT2D eigenvalue weighted by Gasteiger charge is 2.20. The number of aldehydes is 1. The summed E-state index contributed by atoms with van der Waals surface area (Å²) < 4.78 is 8.75. The number of rotatable bonds is 3. The Morgan fingerprint density at radius 3 is 2.26 bits per heavy atom. The maximum atomic E-state index is 11.4. The van der Waals surface area contributed by atoms with E-state index in [1.54, 1.807) is 21.1 Å². The predicted molar refractivity (Wildman–Crippen MR) is 72.6 cm³/mol.